The van der Waals surface area contributed by atoms with E-state index in [1.54, 1.807) is 54.1 Å². The van der Waals surface area contributed by atoms with Crippen molar-refractivity contribution < 1.29 is 17.9 Å². The van der Waals surface area contributed by atoms with E-state index in [0.717, 1.165) is 54.1 Å². The van der Waals surface area contributed by atoms with Crippen molar-refractivity contribution in [1.29, 1.82) is 0 Å². The van der Waals surface area contributed by atoms with Crippen LogP contribution in [0, 0.1) is 0 Å². The molecule has 6 heterocycles. The molecular weight excluding hydrogens is 649 g/mol. The maximum Gasteiger partial charge on any atom is 0.268 e. The molecule has 2 saturated heterocycles. The van der Waals surface area contributed by atoms with E-state index in [9.17, 15) is 13.2 Å². The highest BCUT2D eigenvalue weighted by atomic mass is 32.2. The van der Waals surface area contributed by atoms with E-state index in [2.05, 4.69) is 25.8 Å². The second-order valence-electron chi connectivity index (χ2n) is 12.8. The fourth-order valence-electron chi connectivity index (χ4n) is 6.55. The predicted molar refractivity (Wildman–Crippen MR) is 188 cm³/mol. The number of aryl methyl sites for hydroxylation is 1. The molecule has 252 valence electrons. The van der Waals surface area contributed by atoms with E-state index in [1.165, 1.54) is 8.85 Å². The van der Waals surface area contributed by atoms with Crippen LogP contribution in [-0.2, 0) is 32.5 Å². The van der Waals surface area contributed by atoms with Gasteiger partial charge in [0.2, 0.25) is 5.91 Å². The minimum atomic E-state index is -3.87. The lowest BCUT2D eigenvalue weighted by Gasteiger charge is -2.42. The quantitative estimate of drug-likeness (QED) is 0.244. The molecule has 2 N–H and O–H groups in total. The van der Waals surface area contributed by atoms with Gasteiger partial charge in [-0.25, -0.2) is 22.4 Å². The third kappa shape index (κ3) is 5.85. The molecule has 2 aliphatic heterocycles. The van der Waals surface area contributed by atoms with Gasteiger partial charge in [-0.3, -0.25) is 19.6 Å². The highest BCUT2D eigenvalue weighted by Gasteiger charge is 2.35. The Bertz CT molecular complexity index is 2080. The number of aromatic nitrogens is 4. The number of hydrogen-bond acceptors (Lipinski definition) is 11. The number of amides is 1. The first kappa shape index (κ1) is 32.6. The Balaban J connectivity index is 1.28. The van der Waals surface area contributed by atoms with Crippen molar-refractivity contribution in [3.05, 3.63) is 65.4 Å². The van der Waals surface area contributed by atoms with E-state index in [1.807, 2.05) is 26.8 Å². The van der Waals surface area contributed by atoms with Gasteiger partial charge in [0, 0.05) is 73.5 Å². The maximum absolute atomic E-state index is 13.9. The molecule has 7 rings (SSSR count). The fraction of sp³-hybridized carbons (Fsp3) is 0.412. The number of rotatable bonds is 9. The van der Waals surface area contributed by atoms with Crippen molar-refractivity contribution in [2.24, 2.45) is 5.73 Å². The third-order valence-corrected chi connectivity index (χ3v) is 12.4. The molecule has 0 atom stereocenters. The normalized spacial score (nSPS) is 17.0. The van der Waals surface area contributed by atoms with Crippen LogP contribution in [0.1, 0.15) is 31.3 Å². The van der Waals surface area contributed by atoms with Gasteiger partial charge >= 0.3 is 0 Å². The fourth-order valence-corrected chi connectivity index (χ4v) is 9.31. The highest BCUT2D eigenvalue weighted by molar-refractivity contribution is 7.90. The van der Waals surface area contributed by atoms with E-state index in [4.69, 9.17) is 20.4 Å². The number of morpholine rings is 1. The summed E-state index contributed by atoms with van der Waals surface area (Å²) in [6, 6.07) is 12.5. The Morgan fingerprint density at radius 3 is 2.42 bits per heavy atom. The Kier molecular flexibility index (Phi) is 8.71. The summed E-state index contributed by atoms with van der Waals surface area (Å²) in [6.45, 7) is 12.3. The number of ether oxygens (including phenoxy) is 1. The second kappa shape index (κ2) is 12.8. The first-order chi connectivity index (χ1) is 23.1. The van der Waals surface area contributed by atoms with Gasteiger partial charge in [0.25, 0.3) is 10.0 Å². The third-order valence-electron chi connectivity index (χ3n) is 9.50. The summed E-state index contributed by atoms with van der Waals surface area (Å²) in [5.41, 5.74) is 7.68. The molecule has 2 aliphatic rings. The molecule has 48 heavy (non-hydrogen) atoms. The summed E-state index contributed by atoms with van der Waals surface area (Å²) < 4.78 is 35.9. The van der Waals surface area contributed by atoms with Crippen LogP contribution in [-0.4, -0.2) is 101 Å². The number of primary amides is 1. The average Bonchev–Trinajstić information content (AvgIpc) is 3.70. The van der Waals surface area contributed by atoms with Crippen molar-refractivity contribution in [1.82, 2.24) is 28.7 Å². The van der Waals surface area contributed by atoms with E-state index >= 15 is 0 Å². The van der Waals surface area contributed by atoms with Crippen LogP contribution in [0.3, 0.4) is 0 Å². The van der Waals surface area contributed by atoms with Crippen LogP contribution in [0.5, 0.6) is 0 Å². The molecule has 0 saturated carbocycles. The lowest BCUT2D eigenvalue weighted by atomic mass is 10.0. The molecule has 2 fully saturated rings. The molecule has 4 aromatic heterocycles. The molecule has 1 aromatic carbocycles. The lowest BCUT2D eigenvalue weighted by Crippen LogP contribution is -2.59. The van der Waals surface area contributed by atoms with E-state index in [0.29, 0.717) is 55.3 Å². The highest BCUT2D eigenvalue weighted by Crippen LogP contribution is 2.38. The van der Waals surface area contributed by atoms with Gasteiger partial charge in [0.15, 0.2) is 11.6 Å². The summed E-state index contributed by atoms with van der Waals surface area (Å²) in [5, 5.41) is 0.737. The second-order valence-corrected chi connectivity index (χ2v) is 15.7. The average molecular weight is 689 g/mol. The summed E-state index contributed by atoms with van der Waals surface area (Å²) in [7, 11) is -3.87. The maximum atomic E-state index is 13.9. The largest absolute Gasteiger partial charge is 0.378 e. The van der Waals surface area contributed by atoms with Crippen molar-refractivity contribution in [2.45, 2.75) is 44.2 Å². The van der Waals surface area contributed by atoms with Crippen LogP contribution in [0.15, 0.2) is 59.8 Å². The molecule has 0 radical (unpaired) electrons. The number of anilines is 1. The molecule has 12 nitrogen and oxygen atoms in total. The molecule has 0 aliphatic carbocycles. The SMILES string of the molecule is CCc1cc2c(-c3nc(N4CCOCC4)c4sc(CN5CCN(C(C)(C)C(N)=O)CC5)cc4n3)cncc2n1S(=O)(=O)c1ccccc1. The topological polar surface area (TPSA) is 140 Å². The minimum absolute atomic E-state index is 0.221. The summed E-state index contributed by atoms with van der Waals surface area (Å²) in [5.74, 6) is 1.05. The van der Waals surface area contributed by atoms with Gasteiger partial charge in [-0.1, -0.05) is 25.1 Å². The Morgan fingerprint density at radius 2 is 1.73 bits per heavy atom. The number of thiophene rings is 1. The van der Waals surface area contributed by atoms with Gasteiger partial charge in [-0.2, -0.15) is 0 Å². The number of pyridine rings is 1. The van der Waals surface area contributed by atoms with Crippen molar-refractivity contribution in [2.75, 3.05) is 57.4 Å². The first-order valence-corrected chi connectivity index (χ1v) is 18.5. The van der Waals surface area contributed by atoms with Crippen LogP contribution in [0.2, 0.25) is 0 Å². The number of benzene rings is 1. The summed E-state index contributed by atoms with van der Waals surface area (Å²) >= 11 is 1.71. The van der Waals surface area contributed by atoms with Crippen LogP contribution >= 0.6 is 11.3 Å². The number of nitrogens with two attached hydrogens (primary N) is 1. The molecular formula is C34H40N8O4S2. The Labute approximate surface area is 284 Å². The zero-order valence-electron chi connectivity index (χ0n) is 27.4. The van der Waals surface area contributed by atoms with Crippen molar-refractivity contribution in [3.8, 4) is 11.4 Å². The molecule has 14 heteroatoms. The number of carbonyl (C=O) groups excluding carboxylic acids is 1. The number of piperazine rings is 1. The summed E-state index contributed by atoms with van der Waals surface area (Å²) in [4.78, 5) is 34.9. The van der Waals surface area contributed by atoms with Gasteiger partial charge < -0.3 is 15.4 Å². The predicted octanol–water partition coefficient (Wildman–Crippen LogP) is 3.73. The van der Waals surface area contributed by atoms with E-state index in [-0.39, 0.29) is 10.8 Å². The Hall–Kier alpha value is -3.95. The Morgan fingerprint density at radius 1 is 1.00 bits per heavy atom. The number of nitrogens with zero attached hydrogens (tertiary/aromatic N) is 7. The number of hydrogen-bond donors (Lipinski definition) is 1. The van der Waals surface area contributed by atoms with Gasteiger partial charge in [0.1, 0.15) is 0 Å². The van der Waals surface area contributed by atoms with Crippen LogP contribution < -0.4 is 10.6 Å². The van der Waals surface area contributed by atoms with Crippen molar-refractivity contribution >= 4 is 54.2 Å². The molecule has 1 amide bonds. The van der Waals surface area contributed by atoms with Crippen LogP contribution in [0.25, 0.3) is 32.5 Å². The number of fused-ring (bicyclic) bond motifs is 2. The minimum Gasteiger partial charge on any atom is -0.378 e. The molecule has 0 unspecified atom stereocenters. The van der Waals surface area contributed by atoms with Gasteiger partial charge in [0.05, 0.1) is 45.6 Å². The monoisotopic (exact) mass is 688 g/mol. The smallest absolute Gasteiger partial charge is 0.268 e. The van der Waals surface area contributed by atoms with Gasteiger partial charge in [-0.15, -0.1) is 11.3 Å². The standard InChI is InChI=1S/C34H40N8O4S2/c1-4-23-18-26-27(20-36-21-29(26)42(23)48(44,45)25-8-6-5-7-9-25)31-37-28-19-24(47-30(28)32(38-31)40-14-16-46-17-15-40)22-39-10-12-41(13-11-39)34(2,3)33(35)43/h5-9,18-21H,4,10-17,22H2,1-3H3,(H2,35,43). The molecule has 0 spiro atoms. The number of carbonyl (C=O) groups is 1. The van der Waals surface area contributed by atoms with Crippen molar-refractivity contribution in [3.63, 3.8) is 0 Å². The first-order valence-electron chi connectivity index (χ1n) is 16.3. The summed E-state index contributed by atoms with van der Waals surface area (Å²) in [6.07, 6.45) is 3.85. The zero-order valence-corrected chi connectivity index (χ0v) is 29.1. The zero-order chi connectivity index (χ0) is 33.6. The van der Waals surface area contributed by atoms with E-state index < -0.39 is 15.6 Å². The van der Waals surface area contributed by atoms with Gasteiger partial charge in [-0.05, 0) is 44.5 Å². The lowest BCUT2D eigenvalue weighted by molar-refractivity contribution is -0.129. The van der Waals surface area contributed by atoms with Crippen LogP contribution in [0.4, 0.5) is 5.82 Å². The molecule has 5 aromatic rings. The molecule has 0 bridgehead atoms.